The maximum atomic E-state index is 12.6. The number of amides is 1. The van der Waals surface area contributed by atoms with Gasteiger partial charge in [0.2, 0.25) is 0 Å². The molecular weight excluding hydrogens is 370 g/mol. The third-order valence-electron chi connectivity index (χ3n) is 4.40. The van der Waals surface area contributed by atoms with Crippen LogP contribution in [0.2, 0.25) is 0 Å². The minimum Gasteiger partial charge on any atom is -0.496 e. The van der Waals surface area contributed by atoms with Crippen molar-refractivity contribution in [3.05, 3.63) is 53.1 Å². The van der Waals surface area contributed by atoms with Crippen LogP contribution in [0.3, 0.4) is 0 Å². The summed E-state index contributed by atoms with van der Waals surface area (Å²) < 4.78 is 21.7. The van der Waals surface area contributed by atoms with Crippen LogP contribution in [-0.2, 0) is 17.8 Å². The molecule has 0 aliphatic heterocycles. The topological polar surface area (TPSA) is 66.0 Å². The molecule has 0 aliphatic rings. The molecule has 2 rings (SSSR count). The van der Waals surface area contributed by atoms with Gasteiger partial charge in [-0.15, -0.1) is 0 Å². The molecule has 1 N–H and O–H groups in total. The van der Waals surface area contributed by atoms with Crippen molar-refractivity contribution in [3.8, 4) is 17.2 Å². The second-order valence-corrected chi connectivity index (χ2v) is 7.13. The van der Waals surface area contributed by atoms with Gasteiger partial charge in [-0.2, -0.15) is 0 Å². The molecule has 0 atom stereocenters. The fourth-order valence-corrected chi connectivity index (χ4v) is 2.90. The number of carbonyl (C=O) groups excluding carboxylic acids is 1. The summed E-state index contributed by atoms with van der Waals surface area (Å²) in [5.41, 5.74) is 2.50. The van der Waals surface area contributed by atoms with Gasteiger partial charge in [0.1, 0.15) is 5.75 Å². The van der Waals surface area contributed by atoms with Gasteiger partial charge in [-0.1, -0.05) is 19.9 Å². The van der Waals surface area contributed by atoms with Gasteiger partial charge in [-0.25, -0.2) is 0 Å². The number of methoxy groups -OCH3 is 3. The monoisotopic (exact) mass is 401 g/mol. The molecule has 6 nitrogen and oxygen atoms in total. The van der Waals surface area contributed by atoms with Gasteiger partial charge < -0.3 is 24.3 Å². The van der Waals surface area contributed by atoms with E-state index in [1.807, 2.05) is 24.3 Å². The van der Waals surface area contributed by atoms with Gasteiger partial charge in [-0.3, -0.25) is 4.79 Å². The molecule has 6 heteroatoms. The lowest BCUT2D eigenvalue weighted by molar-refractivity contribution is 0.0939. The van der Waals surface area contributed by atoms with Crippen molar-refractivity contribution in [2.24, 2.45) is 5.92 Å². The molecule has 2 aromatic carbocycles. The number of nitrogens with one attached hydrogen (secondary N) is 1. The first-order valence-corrected chi connectivity index (χ1v) is 9.72. The molecule has 158 valence electrons. The molecule has 0 aromatic heterocycles. The molecule has 1 amide bonds. The second kappa shape index (κ2) is 11.3. The quantitative estimate of drug-likeness (QED) is 0.619. The first-order chi connectivity index (χ1) is 14.0. The zero-order valence-electron chi connectivity index (χ0n) is 17.9. The van der Waals surface area contributed by atoms with Gasteiger partial charge in [0, 0.05) is 24.3 Å². The van der Waals surface area contributed by atoms with Crippen LogP contribution in [-0.4, -0.2) is 40.4 Å². The van der Waals surface area contributed by atoms with Crippen LogP contribution >= 0.6 is 0 Å². The van der Waals surface area contributed by atoms with Crippen molar-refractivity contribution in [2.75, 3.05) is 34.5 Å². The molecule has 0 fully saturated rings. The lowest BCUT2D eigenvalue weighted by Crippen LogP contribution is -2.25. The van der Waals surface area contributed by atoms with Crippen LogP contribution in [0.1, 0.15) is 35.3 Å². The molecule has 0 bridgehead atoms. The van der Waals surface area contributed by atoms with Gasteiger partial charge in [0.05, 0.1) is 27.9 Å². The zero-order chi connectivity index (χ0) is 21.2. The molecule has 0 saturated carbocycles. The maximum absolute atomic E-state index is 12.6. The van der Waals surface area contributed by atoms with Crippen molar-refractivity contribution in [1.29, 1.82) is 0 Å². The Bertz CT molecular complexity index is 804. The Kier molecular flexibility index (Phi) is 8.80. The molecule has 0 aliphatic carbocycles. The molecule has 2 aromatic rings. The normalized spacial score (nSPS) is 10.7. The molecule has 0 spiro atoms. The summed E-state index contributed by atoms with van der Waals surface area (Å²) in [5, 5.41) is 2.96. The summed E-state index contributed by atoms with van der Waals surface area (Å²) in [4.78, 5) is 12.6. The Morgan fingerprint density at radius 2 is 1.62 bits per heavy atom. The van der Waals surface area contributed by atoms with E-state index in [0.717, 1.165) is 16.9 Å². The average molecular weight is 402 g/mol. The number of ether oxygens (including phenoxy) is 4. The third kappa shape index (κ3) is 6.68. The van der Waals surface area contributed by atoms with Gasteiger partial charge in [0.15, 0.2) is 11.5 Å². The Balaban J connectivity index is 1.96. The van der Waals surface area contributed by atoms with E-state index >= 15 is 0 Å². The molecule has 0 radical (unpaired) electrons. The summed E-state index contributed by atoms with van der Waals surface area (Å²) in [6, 6.07) is 11.1. The second-order valence-electron chi connectivity index (χ2n) is 7.13. The van der Waals surface area contributed by atoms with E-state index in [2.05, 4.69) is 19.2 Å². The standard InChI is InChI=1S/C23H31NO5/c1-16(2)14-29-15-19-13-18(7-9-20(19)26-3)23(25)24-11-10-17-6-8-21(27-4)22(12-17)28-5/h6-9,12-13,16H,10-11,14-15H2,1-5H3,(H,24,25). The molecule has 29 heavy (non-hydrogen) atoms. The fourth-order valence-electron chi connectivity index (χ4n) is 2.90. The summed E-state index contributed by atoms with van der Waals surface area (Å²) in [5.74, 6) is 2.40. The largest absolute Gasteiger partial charge is 0.496 e. The van der Waals surface area contributed by atoms with E-state index in [-0.39, 0.29) is 5.91 Å². The smallest absolute Gasteiger partial charge is 0.251 e. The van der Waals surface area contributed by atoms with Crippen molar-refractivity contribution >= 4 is 5.91 Å². The van der Waals surface area contributed by atoms with Crippen LogP contribution in [0.4, 0.5) is 0 Å². The zero-order valence-corrected chi connectivity index (χ0v) is 17.9. The number of hydrogen-bond acceptors (Lipinski definition) is 5. The Hall–Kier alpha value is -2.73. The minimum absolute atomic E-state index is 0.127. The van der Waals surface area contributed by atoms with Crippen LogP contribution in [0.15, 0.2) is 36.4 Å². The highest BCUT2D eigenvalue weighted by molar-refractivity contribution is 5.94. The number of rotatable bonds is 11. The van der Waals surface area contributed by atoms with E-state index in [9.17, 15) is 4.79 Å². The average Bonchev–Trinajstić information content (AvgIpc) is 2.73. The summed E-state index contributed by atoms with van der Waals surface area (Å²) in [6.07, 6.45) is 0.687. The summed E-state index contributed by atoms with van der Waals surface area (Å²) >= 11 is 0. The van der Waals surface area contributed by atoms with Crippen LogP contribution in [0, 0.1) is 5.92 Å². The van der Waals surface area contributed by atoms with Crippen molar-refractivity contribution in [1.82, 2.24) is 5.32 Å². The van der Waals surface area contributed by atoms with E-state index < -0.39 is 0 Å². The highest BCUT2D eigenvalue weighted by atomic mass is 16.5. The number of carbonyl (C=O) groups is 1. The Labute approximate surface area is 173 Å². The SMILES string of the molecule is COc1ccc(C(=O)NCCc2ccc(OC)c(OC)c2)cc1COCC(C)C. The van der Waals surface area contributed by atoms with Crippen molar-refractivity contribution in [3.63, 3.8) is 0 Å². The predicted octanol–water partition coefficient (Wildman–Crippen LogP) is 3.86. The van der Waals surface area contributed by atoms with E-state index in [0.29, 0.717) is 49.2 Å². The van der Waals surface area contributed by atoms with Gasteiger partial charge in [0.25, 0.3) is 5.91 Å². The Morgan fingerprint density at radius 3 is 2.28 bits per heavy atom. The molecular formula is C23H31NO5. The van der Waals surface area contributed by atoms with Crippen molar-refractivity contribution < 1.29 is 23.7 Å². The van der Waals surface area contributed by atoms with Crippen LogP contribution in [0.5, 0.6) is 17.2 Å². The fraction of sp³-hybridized carbons (Fsp3) is 0.435. The molecule has 0 saturated heterocycles. The van der Waals surface area contributed by atoms with Gasteiger partial charge >= 0.3 is 0 Å². The lowest BCUT2D eigenvalue weighted by Gasteiger charge is -2.13. The summed E-state index contributed by atoms with van der Waals surface area (Å²) in [7, 11) is 4.83. The molecule has 0 unspecified atom stereocenters. The number of benzene rings is 2. The van der Waals surface area contributed by atoms with E-state index in [1.54, 1.807) is 33.5 Å². The van der Waals surface area contributed by atoms with Crippen LogP contribution in [0.25, 0.3) is 0 Å². The molecule has 0 heterocycles. The predicted molar refractivity (Wildman–Crippen MR) is 113 cm³/mol. The third-order valence-corrected chi connectivity index (χ3v) is 4.40. The van der Waals surface area contributed by atoms with Gasteiger partial charge in [-0.05, 0) is 48.2 Å². The summed E-state index contributed by atoms with van der Waals surface area (Å²) in [6.45, 7) is 5.78. The number of hydrogen-bond donors (Lipinski definition) is 1. The van der Waals surface area contributed by atoms with Crippen LogP contribution < -0.4 is 19.5 Å². The highest BCUT2D eigenvalue weighted by Gasteiger charge is 2.11. The first-order valence-electron chi connectivity index (χ1n) is 9.72. The Morgan fingerprint density at radius 1 is 0.931 bits per heavy atom. The minimum atomic E-state index is -0.127. The highest BCUT2D eigenvalue weighted by Crippen LogP contribution is 2.27. The lowest BCUT2D eigenvalue weighted by atomic mass is 10.1. The first kappa shape index (κ1) is 22.6. The van der Waals surface area contributed by atoms with E-state index in [4.69, 9.17) is 18.9 Å². The van der Waals surface area contributed by atoms with E-state index in [1.165, 1.54) is 0 Å². The van der Waals surface area contributed by atoms with Crippen molar-refractivity contribution in [2.45, 2.75) is 26.9 Å². The maximum Gasteiger partial charge on any atom is 0.251 e.